The molecule has 4 rings (SSSR count). The van der Waals surface area contributed by atoms with E-state index in [1.54, 1.807) is 35.7 Å². The van der Waals surface area contributed by atoms with Crippen LogP contribution in [0.2, 0.25) is 4.34 Å². The zero-order valence-electron chi connectivity index (χ0n) is 14.7. The predicted molar refractivity (Wildman–Crippen MR) is 107 cm³/mol. The molecule has 1 aliphatic rings. The molecule has 0 radical (unpaired) electrons. The van der Waals surface area contributed by atoms with Crippen LogP contribution in [0, 0.1) is 0 Å². The summed E-state index contributed by atoms with van der Waals surface area (Å²) in [7, 11) is 0. The van der Waals surface area contributed by atoms with Gasteiger partial charge < -0.3 is 16.4 Å². The molecule has 4 N–H and O–H groups in total. The zero-order chi connectivity index (χ0) is 19.9. The summed E-state index contributed by atoms with van der Waals surface area (Å²) in [4.78, 5) is 12.6. The molecule has 3 heterocycles. The normalized spacial score (nSPS) is 21.6. The Morgan fingerprint density at radius 3 is 2.86 bits per heavy atom. The molecule has 1 aliphatic carbocycles. The highest BCUT2D eigenvalue weighted by Gasteiger charge is 2.44. The first-order chi connectivity index (χ1) is 13.3. The van der Waals surface area contributed by atoms with E-state index >= 15 is 0 Å². The first kappa shape index (κ1) is 19.1. The molecule has 1 fully saturated rings. The second-order valence-electron chi connectivity index (χ2n) is 6.77. The fourth-order valence-electron chi connectivity index (χ4n) is 3.35. The molecular weight excluding hydrogens is 408 g/mol. The van der Waals surface area contributed by atoms with Crippen molar-refractivity contribution in [1.82, 2.24) is 9.61 Å². The van der Waals surface area contributed by atoms with E-state index in [1.165, 1.54) is 15.9 Å². The van der Waals surface area contributed by atoms with Gasteiger partial charge in [-0.2, -0.15) is 0 Å². The summed E-state index contributed by atoms with van der Waals surface area (Å²) in [6, 6.07) is 6.68. The zero-order valence-corrected chi connectivity index (χ0v) is 16.2. The van der Waals surface area contributed by atoms with Crippen LogP contribution in [0.25, 0.3) is 5.52 Å². The minimum atomic E-state index is -2.90. The van der Waals surface area contributed by atoms with Gasteiger partial charge in [0.2, 0.25) is 0 Å². The average Bonchev–Trinajstić information content (AvgIpc) is 3.25. The van der Waals surface area contributed by atoms with E-state index < -0.39 is 18.0 Å². The maximum Gasteiger partial charge on any atom is 0.274 e. The van der Waals surface area contributed by atoms with E-state index in [2.05, 4.69) is 15.7 Å². The molecule has 3 aromatic heterocycles. The number of nitrogens with two attached hydrogens (primary N) is 1. The SMILES string of the molecule is N[C@@H]1[C@H](Nc2ccc3ccc(C(=O)Nc4ccsc4Cl)n3n2)CCCC1(F)F. The lowest BCUT2D eigenvalue weighted by atomic mass is 9.87. The second-order valence-corrected chi connectivity index (χ2v) is 8.28. The molecule has 0 unspecified atom stereocenters. The lowest BCUT2D eigenvalue weighted by Crippen LogP contribution is -2.55. The third kappa shape index (κ3) is 3.57. The van der Waals surface area contributed by atoms with Gasteiger partial charge in [0.25, 0.3) is 11.8 Å². The third-order valence-electron chi connectivity index (χ3n) is 4.88. The van der Waals surface area contributed by atoms with E-state index in [9.17, 15) is 13.6 Å². The molecule has 28 heavy (non-hydrogen) atoms. The Morgan fingerprint density at radius 1 is 1.32 bits per heavy atom. The molecule has 0 saturated heterocycles. The predicted octanol–water partition coefficient (Wildman–Crippen LogP) is 4.23. The number of anilines is 2. The first-order valence-electron chi connectivity index (χ1n) is 8.78. The number of alkyl halides is 2. The van der Waals surface area contributed by atoms with Crippen molar-refractivity contribution in [3.63, 3.8) is 0 Å². The van der Waals surface area contributed by atoms with Crippen molar-refractivity contribution in [3.05, 3.63) is 45.7 Å². The van der Waals surface area contributed by atoms with Crippen molar-refractivity contribution < 1.29 is 13.6 Å². The van der Waals surface area contributed by atoms with Crippen molar-refractivity contribution in [2.45, 2.75) is 37.3 Å². The van der Waals surface area contributed by atoms with Gasteiger partial charge in [-0.05, 0) is 48.6 Å². The molecule has 1 saturated carbocycles. The molecule has 0 aliphatic heterocycles. The molecule has 0 aromatic carbocycles. The Hall–Kier alpha value is -2.23. The van der Waals surface area contributed by atoms with Crippen molar-refractivity contribution in [2.24, 2.45) is 5.73 Å². The van der Waals surface area contributed by atoms with Gasteiger partial charge in [0, 0.05) is 12.5 Å². The molecular formula is C18H18ClF2N5OS. The van der Waals surface area contributed by atoms with Gasteiger partial charge in [0.05, 0.1) is 17.2 Å². The van der Waals surface area contributed by atoms with Crippen LogP contribution >= 0.6 is 22.9 Å². The van der Waals surface area contributed by atoms with E-state index in [0.717, 1.165) is 0 Å². The number of nitrogens with zero attached hydrogens (tertiary/aromatic N) is 2. The standard InChI is InChI=1S/C18H18ClF2N5OS/c19-16-12(7-9-28-16)24-17(27)13-5-3-10-4-6-14(25-26(10)13)23-11-2-1-8-18(20,21)15(11)22/h3-7,9,11,15H,1-2,8,22H2,(H,23,25)(H,24,27)/t11-,15-/m1/s1. The molecule has 10 heteroatoms. The van der Waals surface area contributed by atoms with Gasteiger partial charge in [0.1, 0.15) is 15.8 Å². The maximum atomic E-state index is 13.9. The van der Waals surface area contributed by atoms with Crippen LogP contribution in [0.15, 0.2) is 35.7 Å². The number of carbonyl (C=O) groups is 1. The fourth-order valence-corrected chi connectivity index (χ4v) is 4.19. The number of amides is 1. The van der Waals surface area contributed by atoms with Gasteiger partial charge in [-0.1, -0.05) is 11.6 Å². The third-order valence-corrected chi connectivity index (χ3v) is 6.05. The summed E-state index contributed by atoms with van der Waals surface area (Å²) in [5.74, 6) is -2.89. The van der Waals surface area contributed by atoms with Gasteiger partial charge in [-0.25, -0.2) is 13.3 Å². The van der Waals surface area contributed by atoms with E-state index in [-0.39, 0.29) is 12.3 Å². The molecule has 0 bridgehead atoms. The topological polar surface area (TPSA) is 84.4 Å². The number of rotatable bonds is 4. The summed E-state index contributed by atoms with van der Waals surface area (Å²) in [6.07, 6.45) is 0.719. The van der Waals surface area contributed by atoms with Crippen molar-refractivity contribution >= 4 is 45.9 Å². The molecule has 2 atom stereocenters. The summed E-state index contributed by atoms with van der Waals surface area (Å²) in [6.45, 7) is 0. The lowest BCUT2D eigenvalue weighted by Gasteiger charge is -2.36. The smallest absolute Gasteiger partial charge is 0.274 e. The monoisotopic (exact) mass is 425 g/mol. The van der Waals surface area contributed by atoms with Crippen LogP contribution in [0.4, 0.5) is 20.3 Å². The van der Waals surface area contributed by atoms with Crippen LogP contribution in [0.1, 0.15) is 29.8 Å². The summed E-state index contributed by atoms with van der Waals surface area (Å²) in [5.41, 5.74) is 7.27. The number of aromatic nitrogens is 2. The highest BCUT2D eigenvalue weighted by Crippen LogP contribution is 2.33. The fraction of sp³-hybridized carbons (Fsp3) is 0.333. The Labute approximate surface area is 168 Å². The van der Waals surface area contributed by atoms with Crippen molar-refractivity contribution in [2.75, 3.05) is 10.6 Å². The summed E-state index contributed by atoms with van der Waals surface area (Å²) >= 11 is 7.35. The van der Waals surface area contributed by atoms with E-state index in [0.29, 0.717) is 39.9 Å². The first-order valence-corrected chi connectivity index (χ1v) is 10.0. The Morgan fingerprint density at radius 2 is 2.11 bits per heavy atom. The summed E-state index contributed by atoms with van der Waals surface area (Å²) in [5, 5.41) is 11.9. The molecule has 1 amide bonds. The number of carbonyl (C=O) groups excluding carboxylic acids is 1. The highest BCUT2D eigenvalue weighted by molar-refractivity contribution is 7.15. The van der Waals surface area contributed by atoms with Gasteiger partial charge >= 0.3 is 0 Å². The molecule has 6 nitrogen and oxygen atoms in total. The molecule has 0 spiro atoms. The lowest BCUT2D eigenvalue weighted by molar-refractivity contribution is -0.0554. The van der Waals surface area contributed by atoms with Crippen LogP contribution in [0.5, 0.6) is 0 Å². The summed E-state index contributed by atoms with van der Waals surface area (Å²) < 4.78 is 29.7. The highest BCUT2D eigenvalue weighted by atomic mass is 35.5. The van der Waals surface area contributed by atoms with Crippen LogP contribution in [-0.2, 0) is 0 Å². The number of nitrogens with one attached hydrogen (secondary N) is 2. The minimum absolute atomic E-state index is 0.203. The Bertz CT molecular complexity index is 1020. The van der Waals surface area contributed by atoms with Crippen LogP contribution in [-0.4, -0.2) is 33.5 Å². The van der Waals surface area contributed by atoms with Crippen molar-refractivity contribution in [1.29, 1.82) is 0 Å². The van der Waals surface area contributed by atoms with Crippen molar-refractivity contribution in [3.8, 4) is 0 Å². The van der Waals surface area contributed by atoms with E-state index in [1.807, 2.05) is 0 Å². The van der Waals surface area contributed by atoms with Crippen LogP contribution < -0.4 is 16.4 Å². The Kier molecular flexibility index (Phi) is 4.98. The number of hydrogen-bond acceptors (Lipinski definition) is 5. The quantitative estimate of drug-likeness (QED) is 0.584. The Balaban J connectivity index is 1.58. The van der Waals surface area contributed by atoms with Gasteiger partial charge in [0.15, 0.2) is 0 Å². The molecule has 3 aromatic rings. The number of fused-ring (bicyclic) bond motifs is 1. The maximum absolute atomic E-state index is 13.9. The second kappa shape index (κ2) is 7.31. The molecule has 148 valence electrons. The average molecular weight is 426 g/mol. The number of halogens is 3. The van der Waals surface area contributed by atoms with Gasteiger partial charge in [-0.15, -0.1) is 16.4 Å². The largest absolute Gasteiger partial charge is 0.364 e. The number of hydrogen-bond donors (Lipinski definition) is 3. The van der Waals surface area contributed by atoms with Gasteiger partial charge in [-0.3, -0.25) is 4.79 Å². The number of thiophene rings is 1. The minimum Gasteiger partial charge on any atom is -0.364 e. The van der Waals surface area contributed by atoms with Crippen LogP contribution in [0.3, 0.4) is 0 Å². The van der Waals surface area contributed by atoms with E-state index in [4.69, 9.17) is 17.3 Å².